The van der Waals surface area contributed by atoms with E-state index in [2.05, 4.69) is 9.88 Å². The molecule has 1 aromatic heterocycles. The zero-order chi connectivity index (χ0) is 16.2. The molecule has 0 aliphatic carbocycles. The molecule has 1 aromatic carbocycles. The molecule has 23 heavy (non-hydrogen) atoms. The third-order valence-corrected chi connectivity index (χ3v) is 4.52. The number of ether oxygens (including phenoxy) is 1. The smallest absolute Gasteiger partial charge is 0.248 e. The summed E-state index contributed by atoms with van der Waals surface area (Å²) in [5.74, 6) is 0.0609. The summed E-state index contributed by atoms with van der Waals surface area (Å²) in [6.45, 7) is 4.16. The maximum Gasteiger partial charge on any atom is 0.248 e. The van der Waals surface area contributed by atoms with E-state index >= 15 is 0 Å². The van der Waals surface area contributed by atoms with E-state index in [1.54, 1.807) is 13.3 Å². The number of halogens is 1. The summed E-state index contributed by atoms with van der Waals surface area (Å²) >= 11 is 6.25. The average Bonchev–Trinajstić information content (AvgIpc) is 2.58. The summed E-state index contributed by atoms with van der Waals surface area (Å²) in [5, 5.41) is 1.72. The van der Waals surface area contributed by atoms with Gasteiger partial charge in [0.1, 0.15) is 6.61 Å². The number of piperazine rings is 1. The summed E-state index contributed by atoms with van der Waals surface area (Å²) in [6, 6.07) is 7.87. The Kier molecular flexibility index (Phi) is 5.10. The van der Waals surface area contributed by atoms with Gasteiger partial charge in [0.15, 0.2) is 0 Å². The van der Waals surface area contributed by atoms with E-state index in [1.165, 1.54) is 5.56 Å². The molecule has 0 bridgehead atoms. The minimum Gasteiger partial charge on any atom is -0.375 e. The van der Waals surface area contributed by atoms with Crippen molar-refractivity contribution in [2.75, 3.05) is 39.9 Å². The standard InChI is InChI=1S/C17H20ClN3O2/c1-23-12-16(22)21-9-7-20(8-10-21)11-13-4-5-15(18)14-3-2-6-19-17(13)14/h2-6H,7-12H2,1H3. The maximum absolute atomic E-state index is 11.8. The lowest BCUT2D eigenvalue weighted by Gasteiger charge is -2.34. The van der Waals surface area contributed by atoms with Crippen LogP contribution in [0, 0.1) is 0 Å². The fourth-order valence-electron chi connectivity index (χ4n) is 2.94. The first-order valence-corrected chi connectivity index (χ1v) is 8.08. The van der Waals surface area contributed by atoms with Gasteiger partial charge in [-0.2, -0.15) is 0 Å². The third-order valence-electron chi connectivity index (χ3n) is 4.19. The lowest BCUT2D eigenvalue weighted by molar-refractivity contribution is -0.136. The quantitative estimate of drug-likeness (QED) is 0.860. The van der Waals surface area contributed by atoms with Crippen molar-refractivity contribution in [1.82, 2.24) is 14.8 Å². The minimum absolute atomic E-state index is 0.0609. The molecule has 5 nitrogen and oxygen atoms in total. The highest BCUT2D eigenvalue weighted by atomic mass is 35.5. The summed E-state index contributed by atoms with van der Waals surface area (Å²) in [6.07, 6.45) is 1.80. The monoisotopic (exact) mass is 333 g/mol. The molecule has 122 valence electrons. The van der Waals surface area contributed by atoms with Crippen LogP contribution in [0.25, 0.3) is 10.9 Å². The first-order valence-electron chi connectivity index (χ1n) is 7.70. The van der Waals surface area contributed by atoms with Crippen molar-refractivity contribution in [2.45, 2.75) is 6.54 Å². The highest BCUT2D eigenvalue weighted by molar-refractivity contribution is 6.35. The maximum atomic E-state index is 11.8. The molecule has 0 radical (unpaired) electrons. The molecule has 1 amide bonds. The van der Waals surface area contributed by atoms with E-state index in [0.29, 0.717) is 0 Å². The van der Waals surface area contributed by atoms with Gasteiger partial charge in [0.05, 0.1) is 5.52 Å². The second-order valence-electron chi connectivity index (χ2n) is 5.70. The van der Waals surface area contributed by atoms with E-state index in [4.69, 9.17) is 16.3 Å². The van der Waals surface area contributed by atoms with Crippen LogP contribution in [-0.4, -0.2) is 60.6 Å². The van der Waals surface area contributed by atoms with E-state index in [-0.39, 0.29) is 12.5 Å². The SMILES string of the molecule is COCC(=O)N1CCN(Cc2ccc(Cl)c3cccnc23)CC1. The molecule has 1 aliphatic rings. The minimum atomic E-state index is 0.0609. The van der Waals surface area contributed by atoms with Crippen molar-refractivity contribution in [2.24, 2.45) is 0 Å². The van der Waals surface area contributed by atoms with Gasteiger partial charge in [-0.05, 0) is 23.8 Å². The van der Waals surface area contributed by atoms with Crippen molar-refractivity contribution < 1.29 is 9.53 Å². The lowest BCUT2D eigenvalue weighted by Crippen LogP contribution is -2.49. The Bertz CT molecular complexity index is 699. The van der Waals surface area contributed by atoms with Crippen LogP contribution in [0.1, 0.15) is 5.56 Å². The second kappa shape index (κ2) is 7.25. The highest BCUT2D eigenvalue weighted by Gasteiger charge is 2.21. The van der Waals surface area contributed by atoms with Crippen molar-refractivity contribution in [3.63, 3.8) is 0 Å². The fraction of sp³-hybridized carbons (Fsp3) is 0.412. The van der Waals surface area contributed by atoms with Gasteiger partial charge < -0.3 is 9.64 Å². The number of fused-ring (bicyclic) bond motifs is 1. The lowest BCUT2D eigenvalue weighted by atomic mass is 10.1. The van der Waals surface area contributed by atoms with Gasteiger partial charge in [-0.25, -0.2) is 0 Å². The first-order chi connectivity index (χ1) is 11.2. The van der Waals surface area contributed by atoms with E-state index in [1.807, 2.05) is 29.2 Å². The topological polar surface area (TPSA) is 45.7 Å². The molecule has 6 heteroatoms. The van der Waals surface area contributed by atoms with Crippen LogP contribution >= 0.6 is 11.6 Å². The number of methoxy groups -OCH3 is 1. The van der Waals surface area contributed by atoms with Crippen LogP contribution < -0.4 is 0 Å². The number of benzene rings is 1. The molecular formula is C17H20ClN3O2. The normalized spacial score (nSPS) is 16.0. The van der Waals surface area contributed by atoms with Crippen molar-refractivity contribution in [3.05, 3.63) is 41.0 Å². The number of pyridine rings is 1. The molecule has 0 unspecified atom stereocenters. The molecule has 1 fully saturated rings. The molecular weight excluding hydrogens is 314 g/mol. The third kappa shape index (κ3) is 3.63. The number of carbonyl (C=O) groups excluding carboxylic acids is 1. The van der Waals surface area contributed by atoms with Gasteiger partial charge in [-0.3, -0.25) is 14.7 Å². The van der Waals surface area contributed by atoms with E-state index < -0.39 is 0 Å². The summed E-state index contributed by atoms with van der Waals surface area (Å²) in [4.78, 5) is 20.5. The second-order valence-corrected chi connectivity index (χ2v) is 6.10. The predicted octanol–water partition coefficient (Wildman–Crippen LogP) is 2.18. The van der Waals surface area contributed by atoms with Crippen molar-refractivity contribution in [3.8, 4) is 0 Å². The number of aromatic nitrogens is 1. The molecule has 1 aliphatic heterocycles. The number of hydrogen-bond donors (Lipinski definition) is 0. The van der Waals surface area contributed by atoms with Gasteiger partial charge in [-0.1, -0.05) is 17.7 Å². The molecule has 0 spiro atoms. The molecule has 2 aromatic rings. The van der Waals surface area contributed by atoms with Gasteiger partial charge in [0, 0.05) is 56.4 Å². The molecule has 3 rings (SSSR count). The Hall–Kier alpha value is -1.69. The van der Waals surface area contributed by atoms with Gasteiger partial charge in [0.25, 0.3) is 0 Å². The van der Waals surface area contributed by atoms with Crippen LogP contribution in [0.3, 0.4) is 0 Å². The Balaban J connectivity index is 1.68. The van der Waals surface area contributed by atoms with Crippen LogP contribution in [-0.2, 0) is 16.1 Å². The van der Waals surface area contributed by atoms with Gasteiger partial charge in [0.2, 0.25) is 5.91 Å². The fourth-order valence-corrected chi connectivity index (χ4v) is 3.15. The molecule has 1 saturated heterocycles. The number of rotatable bonds is 4. The van der Waals surface area contributed by atoms with Crippen molar-refractivity contribution in [1.29, 1.82) is 0 Å². The Morgan fingerprint density at radius 2 is 2.04 bits per heavy atom. The van der Waals surface area contributed by atoms with E-state index in [9.17, 15) is 4.79 Å². The van der Waals surface area contributed by atoms with Gasteiger partial charge in [-0.15, -0.1) is 0 Å². The number of nitrogens with zero attached hydrogens (tertiary/aromatic N) is 3. The molecule has 0 atom stereocenters. The van der Waals surface area contributed by atoms with Crippen molar-refractivity contribution >= 4 is 28.4 Å². The van der Waals surface area contributed by atoms with Crippen LogP contribution in [0.4, 0.5) is 0 Å². The zero-order valence-electron chi connectivity index (χ0n) is 13.2. The predicted molar refractivity (Wildman–Crippen MR) is 90.5 cm³/mol. The Morgan fingerprint density at radius 3 is 2.78 bits per heavy atom. The van der Waals surface area contributed by atoms with Crippen LogP contribution in [0.15, 0.2) is 30.5 Å². The highest BCUT2D eigenvalue weighted by Crippen LogP contribution is 2.25. The van der Waals surface area contributed by atoms with Gasteiger partial charge >= 0.3 is 0 Å². The molecule has 2 heterocycles. The summed E-state index contributed by atoms with van der Waals surface area (Å²) in [7, 11) is 1.55. The average molecular weight is 334 g/mol. The summed E-state index contributed by atoms with van der Waals surface area (Å²) < 4.78 is 4.91. The number of hydrogen-bond acceptors (Lipinski definition) is 4. The molecule has 0 saturated carbocycles. The zero-order valence-corrected chi connectivity index (χ0v) is 13.9. The van der Waals surface area contributed by atoms with Crippen LogP contribution in [0.5, 0.6) is 0 Å². The number of carbonyl (C=O) groups is 1. The van der Waals surface area contributed by atoms with Crippen LogP contribution in [0.2, 0.25) is 5.02 Å². The Morgan fingerprint density at radius 1 is 1.26 bits per heavy atom. The number of amides is 1. The Labute approximate surface area is 140 Å². The largest absolute Gasteiger partial charge is 0.375 e. The van der Waals surface area contributed by atoms with E-state index in [0.717, 1.165) is 48.6 Å². The first kappa shape index (κ1) is 16.2. The molecule has 0 N–H and O–H groups in total. The summed E-state index contributed by atoms with van der Waals surface area (Å²) in [5.41, 5.74) is 2.12.